The van der Waals surface area contributed by atoms with E-state index in [2.05, 4.69) is 5.32 Å². The van der Waals surface area contributed by atoms with Crippen LogP contribution in [-0.2, 0) is 20.1 Å². The summed E-state index contributed by atoms with van der Waals surface area (Å²) >= 11 is 0. The molecule has 0 aromatic carbocycles. The first-order valence-corrected chi connectivity index (χ1v) is 3.51. The zero-order valence-corrected chi connectivity index (χ0v) is 6.26. The highest BCUT2D eigenvalue weighted by atomic mass is 16.3. The second-order valence-corrected chi connectivity index (χ2v) is 2.77. The van der Waals surface area contributed by atoms with Gasteiger partial charge in [0.25, 0.3) is 0 Å². The lowest BCUT2D eigenvalue weighted by molar-refractivity contribution is 0.380. The van der Waals surface area contributed by atoms with Crippen molar-refractivity contribution < 1.29 is 10.2 Å². The van der Waals surface area contributed by atoms with Crippen molar-refractivity contribution in [3.8, 4) is 11.8 Å². The van der Waals surface area contributed by atoms with Crippen molar-refractivity contribution in [2.24, 2.45) is 7.05 Å². The summed E-state index contributed by atoms with van der Waals surface area (Å²) in [6.07, 6.45) is 0. The van der Waals surface area contributed by atoms with E-state index in [0.29, 0.717) is 13.1 Å². The Bertz CT molecular complexity index is 276. The number of hydrogen-bond acceptors (Lipinski definition) is 3. The molecule has 0 bridgehead atoms. The SMILES string of the molecule is Cn1c(O)c2c(c1O)CNC2. The molecule has 4 heteroatoms. The molecule has 1 aliphatic rings. The molecule has 0 saturated heterocycles. The van der Waals surface area contributed by atoms with Gasteiger partial charge in [-0.2, -0.15) is 0 Å². The fourth-order valence-corrected chi connectivity index (χ4v) is 1.46. The molecule has 0 spiro atoms. The van der Waals surface area contributed by atoms with E-state index in [1.807, 2.05) is 0 Å². The molecule has 2 heterocycles. The van der Waals surface area contributed by atoms with Crippen molar-refractivity contribution in [1.82, 2.24) is 9.88 Å². The first-order valence-electron chi connectivity index (χ1n) is 3.51. The van der Waals surface area contributed by atoms with Crippen LogP contribution in [0, 0.1) is 0 Å². The molecule has 0 unspecified atom stereocenters. The normalized spacial score (nSPS) is 15.4. The Hall–Kier alpha value is -1.16. The summed E-state index contributed by atoms with van der Waals surface area (Å²) in [6.45, 7) is 1.30. The number of nitrogens with one attached hydrogen (secondary N) is 1. The van der Waals surface area contributed by atoms with Gasteiger partial charge in [-0.15, -0.1) is 0 Å². The van der Waals surface area contributed by atoms with Crippen LogP contribution in [0.4, 0.5) is 0 Å². The van der Waals surface area contributed by atoms with Crippen LogP contribution in [0.25, 0.3) is 0 Å². The van der Waals surface area contributed by atoms with Crippen LogP contribution in [0.15, 0.2) is 0 Å². The zero-order chi connectivity index (χ0) is 8.01. The summed E-state index contributed by atoms with van der Waals surface area (Å²) < 4.78 is 1.39. The monoisotopic (exact) mass is 154 g/mol. The van der Waals surface area contributed by atoms with E-state index in [1.54, 1.807) is 7.05 Å². The minimum Gasteiger partial charge on any atom is -0.494 e. The fourth-order valence-electron chi connectivity index (χ4n) is 1.46. The minimum absolute atomic E-state index is 0.169. The van der Waals surface area contributed by atoms with Crippen LogP contribution in [0.5, 0.6) is 11.8 Å². The molecule has 1 aromatic rings. The Kier molecular flexibility index (Phi) is 1.14. The van der Waals surface area contributed by atoms with Gasteiger partial charge < -0.3 is 15.5 Å². The Labute approximate surface area is 64.1 Å². The molecule has 11 heavy (non-hydrogen) atoms. The van der Waals surface area contributed by atoms with Crippen LogP contribution in [0.1, 0.15) is 11.1 Å². The number of hydrogen-bond donors (Lipinski definition) is 3. The van der Waals surface area contributed by atoms with Crippen LogP contribution < -0.4 is 5.32 Å². The Balaban J connectivity index is 2.68. The lowest BCUT2D eigenvalue weighted by atomic mass is 10.2. The molecule has 0 radical (unpaired) electrons. The molecular formula is C7H10N2O2. The third-order valence-corrected chi connectivity index (χ3v) is 2.14. The quantitative estimate of drug-likeness (QED) is 0.494. The summed E-state index contributed by atoms with van der Waals surface area (Å²) in [5.74, 6) is 0.338. The van der Waals surface area contributed by atoms with Gasteiger partial charge in [-0.25, -0.2) is 0 Å². The number of aromatic nitrogens is 1. The molecule has 60 valence electrons. The highest BCUT2D eigenvalue weighted by molar-refractivity contribution is 5.47. The molecule has 0 fully saturated rings. The van der Waals surface area contributed by atoms with Gasteiger partial charge in [-0.05, 0) is 0 Å². The average molecular weight is 154 g/mol. The average Bonchev–Trinajstić information content (AvgIpc) is 2.53. The van der Waals surface area contributed by atoms with Gasteiger partial charge in [-0.3, -0.25) is 4.57 Å². The lowest BCUT2D eigenvalue weighted by Gasteiger charge is -1.99. The van der Waals surface area contributed by atoms with E-state index in [1.165, 1.54) is 4.57 Å². The van der Waals surface area contributed by atoms with Crippen molar-refractivity contribution in [2.75, 3.05) is 0 Å². The van der Waals surface area contributed by atoms with E-state index in [-0.39, 0.29) is 11.8 Å². The largest absolute Gasteiger partial charge is 0.494 e. The zero-order valence-electron chi connectivity index (χ0n) is 6.26. The fraction of sp³-hybridized carbons (Fsp3) is 0.429. The molecule has 0 saturated carbocycles. The first-order chi connectivity index (χ1) is 5.22. The van der Waals surface area contributed by atoms with Crippen molar-refractivity contribution >= 4 is 0 Å². The van der Waals surface area contributed by atoms with Crippen molar-refractivity contribution in [3.63, 3.8) is 0 Å². The molecule has 4 nitrogen and oxygen atoms in total. The van der Waals surface area contributed by atoms with E-state index in [4.69, 9.17) is 0 Å². The lowest BCUT2D eigenvalue weighted by Crippen LogP contribution is -2.03. The predicted molar refractivity (Wildman–Crippen MR) is 39.3 cm³/mol. The summed E-state index contributed by atoms with van der Waals surface area (Å²) in [6, 6.07) is 0. The van der Waals surface area contributed by atoms with Gasteiger partial charge in [0.05, 0.1) is 0 Å². The van der Waals surface area contributed by atoms with Crippen molar-refractivity contribution in [2.45, 2.75) is 13.1 Å². The molecule has 1 aliphatic heterocycles. The molecule has 0 aliphatic carbocycles. The van der Waals surface area contributed by atoms with Crippen LogP contribution in [0.2, 0.25) is 0 Å². The maximum absolute atomic E-state index is 9.40. The molecule has 0 amide bonds. The highest BCUT2D eigenvalue weighted by Gasteiger charge is 2.23. The number of aromatic hydroxyl groups is 2. The first kappa shape index (κ1) is 6.54. The summed E-state index contributed by atoms with van der Waals surface area (Å²) in [5, 5.41) is 21.8. The van der Waals surface area contributed by atoms with Crippen molar-refractivity contribution in [1.29, 1.82) is 0 Å². The molecule has 1 aromatic heterocycles. The number of fused-ring (bicyclic) bond motifs is 1. The van der Waals surface area contributed by atoms with Gasteiger partial charge in [-0.1, -0.05) is 0 Å². The third kappa shape index (κ3) is 0.670. The van der Waals surface area contributed by atoms with Gasteiger partial charge in [0.1, 0.15) is 0 Å². The third-order valence-electron chi connectivity index (χ3n) is 2.14. The van der Waals surface area contributed by atoms with Crippen LogP contribution in [-0.4, -0.2) is 14.8 Å². The predicted octanol–water partition coefficient (Wildman–Crippen LogP) is 0.0395. The molecular weight excluding hydrogens is 144 g/mol. The standard InChI is InChI=1S/C7H10N2O2/c1-9-6(10)4-2-8-3-5(4)7(9)11/h8,10-11H,2-3H2,1H3. The highest BCUT2D eigenvalue weighted by Crippen LogP contribution is 2.34. The Morgan fingerprint density at radius 2 is 1.64 bits per heavy atom. The summed E-state index contributed by atoms with van der Waals surface area (Å²) in [5.41, 5.74) is 1.65. The second kappa shape index (κ2) is 1.92. The molecule has 0 atom stereocenters. The van der Waals surface area contributed by atoms with Gasteiger partial charge in [0, 0.05) is 31.3 Å². The maximum atomic E-state index is 9.40. The van der Waals surface area contributed by atoms with Gasteiger partial charge in [0.15, 0.2) is 11.8 Å². The van der Waals surface area contributed by atoms with E-state index < -0.39 is 0 Å². The Morgan fingerprint density at radius 1 is 1.18 bits per heavy atom. The smallest absolute Gasteiger partial charge is 0.198 e. The van der Waals surface area contributed by atoms with E-state index in [0.717, 1.165) is 11.1 Å². The Morgan fingerprint density at radius 3 is 2.09 bits per heavy atom. The number of rotatable bonds is 0. The second-order valence-electron chi connectivity index (χ2n) is 2.77. The minimum atomic E-state index is 0.169. The molecule has 2 rings (SSSR count). The van der Waals surface area contributed by atoms with Gasteiger partial charge >= 0.3 is 0 Å². The van der Waals surface area contributed by atoms with Gasteiger partial charge in [0.2, 0.25) is 0 Å². The van der Waals surface area contributed by atoms with Crippen LogP contribution >= 0.6 is 0 Å². The topological polar surface area (TPSA) is 57.4 Å². The summed E-state index contributed by atoms with van der Waals surface area (Å²) in [4.78, 5) is 0. The van der Waals surface area contributed by atoms with E-state index in [9.17, 15) is 10.2 Å². The molecule has 3 N–H and O–H groups in total. The van der Waals surface area contributed by atoms with Crippen LogP contribution in [0.3, 0.4) is 0 Å². The van der Waals surface area contributed by atoms with E-state index >= 15 is 0 Å². The number of nitrogens with zero attached hydrogens (tertiary/aromatic N) is 1. The summed E-state index contributed by atoms with van der Waals surface area (Å²) in [7, 11) is 1.64. The maximum Gasteiger partial charge on any atom is 0.198 e. The van der Waals surface area contributed by atoms with Crippen molar-refractivity contribution in [3.05, 3.63) is 11.1 Å².